The van der Waals surface area contributed by atoms with E-state index in [1.165, 1.54) is 0 Å². The van der Waals surface area contributed by atoms with Crippen molar-refractivity contribution in [1.82, 2.24) is 4.90 Å². The van der Waals surface area contributed by atoms with Crippen molar-refractivity contribution >= 4 is 0 Å². The summed E-state index contributed by atoms with van der Waals surface area (Å²) in [6.45, 7) is 6.71. The Morgan fingerprint density at radius 2 is 2.00 bits per heavy atom. The van der Waals surface area contributed by atoms with Gasteiger partial charge in [0.25, 0.3) is 0 Å². The van der Waals surface area contributed by atoms with Crippen molar-refractivity contribution < 1.29 is 4.74 Å². The minimum Gasteiger partial charge on any atom is -0.489 e. The number of benzene rings is 1. The van der Waals surface area contributed by atoms with E-state index >= 15 is 0 Å². The summed E-state index contributed by atoms with van der Waals surface area (Å²) in [4.78, 5) is 2.47. The largest absolute Gasteiger partial charge is 0.489 e. The first-order valence-corrected chi connectivity index (χ1v) is 5.71. The maximum Gasteiger partial charge on any atom is 0.119 e. The lowest BCUT2D eigenvalue weighted by atomic mass is 10.3. The number of hydrogen-bond donors (Lipinski definition) is 0. The molecule has 0 bridgehead atoms. The third-order valence-corrected chi connectivity index (χ3v) is 2.95. The van der Waals surface area contributed by atoms with Gasteiger partial charge in [0, 0.05) is 19.1 Å². The second-order valence-corrected chi connectivity index (χ2v) is 4.43. The topological polar surface area (TPSA) is 12.5 Å². The molecule has 1 aromatic rings. The molecule has 1 heterocycles. The predicted octanol–water partition coefficient (Wildman–Crippen LogP) is 2.55. The minimum atomic E-state index is 0.370. The summed E-state index contributed by atoms with van der Waals surface area (Å²) in [5.41, 5.74) is 0. The second kappa shape index (κ2) is 4.67. The van der Waals surface area contributed by atoms with E-state index in [1.54, 1.807) is 0 Å². The molecular formula is C13H19NO. The van der Waals surface area contributed by atoms with Crippen molar-refractivity contribution in [2.45, 2.75) is 32.4 Å². The van der Waals surface area contributed by atoms with Crippen LogP contribution in [0.5, 0.6) is 5.75 Å². The normalized spacial score (nSPS) is 22.2. The van der Waals surface area contributed by atoms with E-state index in [4.69, 9.17) is 4.74 Å². The first-order chi connectivity index (χ1) is 7.25. The van der Waals surface area contributed by atoms with E-state index in [0.29, 0.717) is 12.1 Å². The van der Waals surface area contributed by atoms with Gasteiger partial charge in [0.15, 0.2) is 0 Å². The summed E-state index contributed by atoms with van der Waals surface area (Å²) in [7, 11) is 0. The van der Waals surface area contributed by atoms with Gasteiger partial charge < -0.3 is 4.74 Å². The first-order valence-electron chi connectivity index (χ1n) is 5.71. The van der Waals surface area contributed by atoms with Gasteiger partial charge in [-0.1, -0.05) is 18.2 Å². The predicted molar refractivity (Wildman–Crippen MR) is 62.2 cm³/mol. The molecule has 0 aliphatic carbocycles. The van der Waals surface area contributed by atoms with Crippen molar-refractivity contribution in [3.8, 4) is 5.75 Å². The molecule has 0 aromatic heterocycles. The second-order valence-electron chi connectivity index (χ2n) is 4.43. The molecule has 1 saturated heterocycles. The maximum atomic E-state index is 5.91. The average Bonchev–Trinajstić information content (AvgIpc) is 2.68. The summed E-state index contributed by atoms with van der Waals surface area (Å²) >= 11 is 0. The lowest BCUT2D eigenvalue weighted by Crippen LogP contribution is -2.30. The van der Waals surface area contributed by atoms with Crippen LogP contribution in [-0.4, -0.2) is 30.1 Å². The zero-order valence-corrected chi connectivity index (χ0v) is 9.52. The smallest absolute Gasteiger partial charge is 0.119 e. The fourth-order valence-electron chi connectivity index (χ4n) is 2.01. The third-order valence-electron chi connectivity index (χ3n) is 2.95. The highest BCUT2D eigenvalue weighted by molar-refractivity contribution is 5.21. The Labute approximate surface area is 91.9 Å². The van der Waals surface area contributed by atoms with Crippen molar-refractivity contribution in [2.24, 2.45) is 0 Å². The van der Waals surface area contributed by atoms with Gasteiger partial charge in [-0.05, 0) is 32.4 Å². The molecule has 0 saturated carbocycles. The number of rotatable bonds is 3. The fourth-order valence-corrected chi connectivity index (χ4v) is 2.01. The van der Waals surface area contributed by atoms with Gasteiger partial charge in [0.2, 0.25) is 0 Å². The SMILES string of the molecule is CC(C)N1CC[C@@H](Oc2ccccc2)C1. The number of hydrogen-bond acceptors (Lipinski definition) is 2. The van der Waals surface area contributed by atoms with Gasteiger partial charge in [-0.3, -0.25) is 4.90 Å². The molecule has 2 heteroatoms. The van der Waals surface area contributed by atoms with Gasteiger partial charge in [0.05, 0.1) is 0 Å². The Morgan fingerprint density at radius 3 is 2.60 bits per heavy atom. The van der Waals surface area contributed by atoms with Gasteiger partial charge in [-0.25, -0.2) is 0 Å². The zero-order valence-electron chi connectivity index (χ0n) is 9.52. The lowest BCUT2D eigenvalue weighted by molar-refractivity contribution is 0.187. The van der Waals surface area contributed by atoms with Crippen molar-refractivity contribution in [3.63, 3.8) is 0 Å². The molecule has 1 aromatic carbocycles. The average molecular weight is 205 g/mol. The quantitative estimate of drug-likeness (QED) is 0.752. The van der Waals surface area contributed by atoms with Gasteiger partial charge in [-0.15, -0.1) is 0 Å². The molecule has 0 N–H and O–H groups in total. The Bertz CT molecular complexity index is 297. The van der Waals surface area contributed by atoms with E-state index in [1.807, 2.05) is 30.3 Å². The Balaban J connectivity index is 1.88. The fraction of sp³-hybridized carbons (Fsp3) is 0.538. The Kier molecular flexibility index (Phi) is 3.27. The molecule has 0 unspecified atom stereocenters. The minimum absolute atomic E-state index is 0.370. The van der Waals surface area contributed by atoms with Crippen LogP contribution in [0.4, 0.5) is 0 Å². The maximum absolute atomic E-state index is 5.91. The van der Waals surface area contributed by atoms with Crippen molar-refractivity contribution in [2.75, 3.05) is 13.1 Å². The number of para-hydroxylation sites is 1. The van der Waals surface area contributed by atoms with Crippen LogP contribution in [0, 0.1) is 0 Å². The number of nitrogens with zero attached hydrogens (tertiary/aromatic N) is 1. The molecule has 15 heavy (non-hydrogen) atoms. The highest BCUT2D eigenvalue weighted by atomic mass is 16.5. The Morgan fingerprint density at radius 1 is 1.27 bits per heavy atom. The number of likely N-dealkylation sites (tertiary alicyclic amines) is 1. The first kappa shape index (κ1) is 10.5. The van der Waals surface area contributed by atoms with Crippen molar-refractivity contribution in [3.05, 3.63) is 30.3 Å². The number of ether oxygens (including phenoxy) is 1. The molecule has 0 amide bonds. The summed E-state index contributed by atoms with van der Waals surface area (Å²) < 4.78 is 5.91. The zero-order chi connectivity index (χ0) is 10.7. The van der Waals surface area contributed by atoms with Crippen LogP contribution in [0.15, 0.2) is 30.3 Å². The Hall–Kier alpha value is -1.02. The molecule has 82 valence electrons. The molecule has 1 fully saturated rings. The highest BCUT2D eigenvalue weighted by Crippen LogP contribution is 2.19. The van der Waals surface area contributed by atoms with Crippen molar-refractivity contribution in [1.29, 1.82) is 0 Å². The summed E-state index contributed by atoms with van der Waals surface area (Å²) in [6.07, 6.45) is 1.52. The van der Waals surface area contributed by atoms with Gasteiger partial charge >= 0.3 is 0 Å². The van der Waals surface area contributed by atoms with Crippen LogP contribution >= 0.6 is 0 Å². The van der Waals surface area contributed by atoms with Crippen LogP contribution < -0.4 is 4.74 Å². The summed E-state index contributed by atoms with van der Waals surface area (Å²) in [5, 5.41) is 0. The van der Waals surface area contributed by atoms with Crippen LogP contribution in [0.2, 0.25) is 0 Å². The van der Waals surface area contributed by atoms with E-state index in [9.17, 15) is 0 Å². The standard InChI is InChI=1S/C13H19NO/c1-11(2)14-9-8-13(10-14)15-12-6-4-3-5-7-12/h3-7,11,13H,8-10H2,1-2H3/t13-/m1/s1. The van der Waals surface area contributed by atoms with Crippen LogP contribution in [-0.2, 0) is 0 Å². The molecule has 0 spiro atoms. The van der Waals surface area contributed by atoms with Crippen LogP contribution in [0.25, 0.3) is 0 Å². The van der Waals surface area contributed by atoms with Crippen LogP contribution in [0.1, 0.15) is 20.3 Å². The lowest BCUT2D eigenvalue weighted by Gasteiger charge is -2.20. The van der Waals surface area contributed by atoms with Gasteiger partial charge in [0.1, 0.15) is 11.9 Å². The van der Waals surface area contributed by atoms with Gasteiger partial charge in [-0.2, -0.15) is 0 Å². The third kappa shape index (κ3) is 2.72. The van der Waals surface area contributed by atoms with E-state index < -0.39 is 0 Å². The van der Waals surface area contributed by atoms with E-state index in [2.05, 4.69) is 18.7 Å². The molecule has 2 rings (SSSR count). The van der Waals surface area contributed by atoms with Crippen LogP contribution in [0.3, 0.4) is 0 Å². The van der Waals surface area contributed by atoms with E-state index in [0.717, 1.165) is 25.3 Å². The van der Waals surface area contributed by atoms with E-state index in [-0.39, 0.29) is 0 Å². The molecule has 1 atom stereocenters. The molecule has 2 nitrogen and oxygen atoms in total. The molecule has 1 aliphatic rings. The molecular weight excluding hydrogens is 186 g/mol. The monoisotopic (exact) mass is 205 g/mol. The molecule has 0 radical (unpaired) electrons. The summed E-state index contributed by atoms with van der Waals surface area (Å²) in [5.74, 6) is 0.994. The highest BCUT2D eigenvalue weighted by Gasteiger charge is 2.25. The molecule has 1 aliphatic heterocycles. The summed E-state index contributed by atoms with van der Waals surface area (Å²) in [6, 6.07) is 10.7.